The Balaban J connectivity index is 2.01. The summed E-state index contributed by atoms with van der Waals surface area (Å²) in [7, 11) is 0. The van der Waals surface area contributed by atoms with Crippen molar-refractivity contribution in [2.45, 2.75) is 27.2 Å². The Bertz CT molecular complexity index is 535. The number of thiophene rings is 2. The van der Waals surface area contributed by atoms with Gasteiger partial charge in [-0.1, -0.05) is 32.4 Å². The van der Waals surface area contributed by atoms with Gasteiger partial charge in [0.15, 0.2) is 0 Å². The van der Waals surface area contributed by atoms with Crippen molar-refractivity contribution in [2.24, 2.45) is 5.92 Å². The monoisotopic (exact) mass is 305 g/mol. The molecule has 0 saturated carbocycles. The first-order chi connectivity index (χ1) is 9.69. The van der Waals surface area contributed by atoms with Crippen LogP contribution in [0.5, 0.6) is 0 Å². The molecule has 0 aromatic carbocycles. The molecule has 2 rings (SSSR count). The molecule has 1 N–H and O–H groups in total. The number of hydrogen-bond acceptors (Lipinski definition) is 3. The van der Waals surface area contributed by atoms with Gasteiger partial charge in [0.1, 0.15) is 0 Å². The molecule has 3 heteroatoms. The predicted molar refractivity (Wildman–Crippen MR) is 93.6 cm³/mol. The molecule has 0 aliphatic rings. The van der Waals surface area contributed by atoms with E-state index in [0.717, 1.165) is 19.5 Å². The highest BCUT2D eigenvalue weighted by atomic mass is 32.1. The van der Waals surface area contributed by atoms with Crippen LogP contribution in [0.1, 0.15) is 32.1 Å². The van der Waals surface area contributed by atoms with Crippen molar-refractivity contribution in [3.63, 3.8) is 0 Å². The van der Waals surface area contributed by atoms with Crippen LogP contribution in [0.2, 0.25) is 0 Å². The molecule has 20 heavy (non-hydrogen) atoms. The second-order valence-electron chi connectivity index (χ2n) is 5.40. The van der Waals surface area contributed by atoms with Crippen molar-refractivity contribution in [2.75, 3.05) is 13.1 Å². The highest BCUT2D eigenvalue weighted by molar-refractivity contribution is 7.15. The van der Waals surface area contributed by atoms with Gasteiger partial charge in [0.25, 0.3) is 0 Å². The van der Waals surface area contributed by atoms with Gasteiger partial charge in [-0.3, -0.25) is 0 Å². The minimum atomic E-state index is 0.709. The van der Waals surface area contributed by atoms with Gasteiger partial charge in [0, 0.05) is 21.9 Å². The van der Waals surface area contributed by atoms with Gasteiger partial charge in [0.2, 0.25) is 0 Å². The van der Waals surface area contributed by atoms with Gasteiger partial charge >= 0.3 is 0 Å². The fraction of sp³-hybridized carbons (Fsp3) is 0.412. The van der Waals surface area contributed by atoms with Crippen molar-refractivity contribution in [1.29, 1.82) is 0 Å². The van der Waals surface area contributed by atoms with Gasteiger partial charge in [-0.05, 0) is 47.9 Å². The van der Waals surface area contributed by atoms with E-state index >= 15 is 0 Å². The molecule has 2 heterocycles. The van der Waals surface area contributed by atoms with Gasteiger partial charge in [-0.25, -0.2) is 0 Å². The molecule has 0 unspecified atom stereocenters. The van der Waals surface area contributed by atoms with Crippen LogP contribution in [-0.4, -0.2) is 13.1 Å². The third-order valence-corrected chi connectivity index (χ3v) is 4.93. The summed E-state index contributed by atoms with van der Waals surface area (Å²) in [4.78, 5) is 2.72. The Morgan fingerprint density at radius 3 is 2.85 bits per heavy atom. The second kappa shape index (κ2) is 7.77. The Hall–Kier alpha value is -0.900. The summed E-state index contributed by atoms with van der Waals surface area (Å²) in [6, 6.07) is 6.60. The summed E-state index contributed by atoms with van der Waals surface area (Å²) < 4.78 is 0. The van der Waals surface area contributed by atoms with Crippen molar-refractivity contribution >= 4 is 28.7 Å². The minimum Gasteiger partial charge on any atom is -0.313 e. The summed E-state index contributed by atoms with van der Waals surface area (Å²) in [6.45, 7) is 8.81. The molecule has 0 spiro atoms. The summed E-state index contributed by atoms with van der Waals surface area (Å²) in [5, 5.41) is 7.92. The molecule has 0 amide bonds. The average molecular weight is 306 g/mol. The second-order valence-corrected chi connectivity index (χ2v) is 7.29. The van der Waals surface area contributed by atoms with E-state index in [2.05, 4.69) is 61.1 Å². The third kappa shape index (κ3) is 4.58. The Morgan fingerprint density at radius 1 is 1.35 bits per heavy atom. The van der Waals surface area contributed by atoms with Gasteiger partial charge in [-0.2, -0.15) is 0 Å². The Labute approximate surface area is 130 Å². The lowest BCUT2D eigenvalue weighted by atomic mass is 10.1. The Morgan fingerprint density at radius 2 is 2.20 bits per heavy atom. The van der Waals surface area contributed by atoms with Crippen molar-refractivity contribution in [3.8, 4) is 10.4 Å². The molecule has 1 nitrogen and oxygen atoms in total. The van der Waals surface area contributed by atoms with Crippen LogP contribution in [0.25, 0.3) is 16.5 Å². The van der Waals surface area contributed by atoms with Crippen molar-refractivity contribution in [3.05, 3.63) is 39.4 Å². The highest BCUT2D eigenvalue weighted by Crippen LogP contribution is 2.30. The molecular formula is C17H23NS2. The van der Waals surface area contributed by atoms with Crippen LogP contribution < -0.4 is 5.32 Å². The molecule has 0 bridgehead atoms. The number of nitrogens with one attached hydrogen (secondary N) is 1. The molecule has 108 valence electrons. The molecular weight excluding hydrogens is 282 g/mol. The lowest BCUT2D eigenvalue weighted by molar-refractivity contribution is 0.569. The normalized spacial score (nSPS) is 12.3. The maximum absolute atomic E-state index is 3.53. The largest absolute Gasteiger partial charge is 0.313 e. The zero-order valence-corrected chi connectivity index (χ0v) is 14.1. The molecule has 0 radical (unpaired) electrons. The summed E-state index contributed by atoms with van der Waals surface area (Å²) in [5.74, 6) is 0.709. The molecule has 2 aromatic rings. The average Bonchev–Trinajstić information content (AvgIpc) is 3.07. The highest BCUT2D eigenvalue weighted by Gasteiger charge is 2.03. The maximum atomic E-state index is 3.53. The van der Waals surface area contributed by atoms with Crippen LogP contribution >= 0.6 is 22.7 Å². The minimum absolute atomic E-state index is 0.709. The van der Waals surface area contributed by atoms with Gasteiger partial charge < -0.3 is 5.32 Å². The summed E-state index contributed by atoms with van der Waals surface area (Å²) in [5.41, 5.74) is 2.83. The van der Waals surface area contributed by atoms with E-state index < -0.39 is 0 Å². The SMILES string of the molecule is CCC(=Cc1cc(-c2cccs2)cs1)CNCC(C)C. The summed E-state index contributed by atoms with van der Waals surface area (Å²) in [6.07, 6.45) is 3.45. The fourth-order valence-electron chi connectivity index (χ4n) is 2.00. The van der Waals surface area contributed by atoms with E-state index in [4.69, 9.17) is 0 Å². The first-order valence-corrected chi connectivity index (χ1v) is 8.97. The molecule has 0 atom stereocenters. The number of hydrogen-bond donors (Lipinski definition) is 1. The standard InChI is InChI=1S/C17H23NS2/c1-4-14(11-18-10-13(2)3)8-16-9-15(12-20-16)17-6-5-7-19-17/h5-9,12-13,18H,4,10-11H2,1-3H3. The predicted octanol–water partition coefficient (Wildman–Crippen LogP) is 5.52. The smallest absolute Gasteiger partial charge is 0.0351 e. The van der Waals surface area contributed by atoms with E-state index in [1.54, 1.807) is 11.3 Å². The topological polar surface area (TPSA) is 12.0 Å². The molecule has 2 aromatic heterocycles. The zero-order valence-electron chi connectivity index (χ0n) is 12.5. The van der Waals surface area contributed by atoms with Crippen LogP contribution in [0.3, 0.4) is 0 Å². The molecule has 0 fully saturated rings. The van der Waals surface area contributed by atoms with E-state index in [1.165, 1.54) is 20.9 Å². The first kappa shape index (κ1) is 15.5. The van der Waals surface area contributed by atoms with Crippen LogP contribution in [0.4, 0.5) is 0 Å². The van der Waals surface area contributed by atoms with Gasteiger partial charge in [0.05, 0.1) is 0 Å². The zero-order chi connectivity index (χ0) is 14.4. The third-order valence-electron chi connectivity index (χ3n) is 3.13. The van der Waals surface area contributed by atoms with Crippen LogP contribution in [-0.2, 0) is 0 Å². The number of rotatable bonds is 7. The van der Waals surface area contributed by atoms with Crippen LogP contribution in [0, 0.1) is 5.92 Å². The fourth-order valence-corrected chi connectivity index (χ4v) is 3.68. The lowest BCUT2D eigenvalue weighted by Crippen LogP contribution is -2.21. The lowest BCUT2D eigenvalue weighted by Gasteiger charge is -2.09. The van der Waals surface area contributed by atoms with Crippen molar-refractivity contribution < 1.29 is 0 Å². The van der Waals surface area contributed by atoms with Gasteiger partial charge in [-0.15, -0.1) is 22.7 Å². The van der Waals surface area contributed by atoms with E-state index in [-0.39, 0.29) is 0 Å². The Kier molecular flexibility index (Phi) is 6.02. The maximum Gasteiger partial charge on any atom is 0.0351 e. The quantitative estimate of drug-likeness (QED) is 0.710. The molecule has 0 saturated heterocycles. The first-order valence-electron chi connectivity index (χ1n) is 7.21. The van der Waals surface area contributed by atoms with E-state index in [0.29, 0.717) is 5.92 Å². The van der Waals surface area contributed by atoms with E-state index in [9.17, 15) is 0 Å². The van der Waals surface area contributed by atoms with Crippen LogP contribution in [0.15, 0.2) is 34.5 Å². The summed E-state index contributed by atoms with van der Waals surface area (Å²) >= 11 is 3.64. The van der Waals surface area contributed by atoms with E-state index in [1.807, 2.05) is 11.3 Å². The van der Waals surface area contributed by atoms with Crippen molar-refractivity contribution in [1.82, 2.24) is 5.32 Å². The molecule has 0 aliphatic heterocycles. The molecule has 0 aliphatic carbocycles.